The molecule has 4 aromatic rings. The summed E-state index contributed by atoms with van der Waals surface area (Å²) in [7, 11) is 1.89. The van der Waals surface area contributed by atoms with Crippen molar-refractivity contribution in [3.63, 3.8) is 0 Å². The lowest BCUT2D eigenvalue weighted by Gasteiger charge is -2.27. The molecule has 0 saturated carbocycles. The Labute approximate surface area is 212 Å². The van der Waals surface area contributed by atoms with E-state index in [0.717, 1.165) is 28.3 Å². The molecular formula is C29H35N3O4. The van der Waals surface area contributed by atoms with Crippen LogP contribution in [0.4, 0.5) is 0 Å². The van der Waals surface area contributed by atoms with Gasteiger partial charge in [-0.1, -0.05) is 48.5 Å². The summed E-state index contributed by atoms with van der Waals surface area (Å²) >= 11 is 0. The molecule has 4 rings (SSSR count). The molecule has 0 bridgehead atoms. The number of aromatic nitrogens is 2. The molecule has 0 saturated heterocycles. The van der Waals surface area contributed by atoms with Gasteiger partial charge in [0.05, 0.1) is 36.7 Å². The quantitative estimate of drug-likeness (QED) is 0.293. The Balaban J connectivity index is 1.67. The number of aliphatic hydroxyl groups excluding tert-OH is 1. The number of hydrogen-bond acceptors (Lipinski definition) is 6. The van der Waals surface area contributed by atoms with Crippen molar-refractivity contribution in [1.82, 2.24) is 14.7 Å². The van der Waals surface area contributed by atoms with E-state index in [9.17, 15) is 5.11 Å². The molecule has 7 nitrogen and oxygen atoms in total. The highest BCUT2D eigenvalue weighted by atomic mass is 16.5. The smallest absolute Gasteiger partial charge is 0.222 e. The van der Waals surface area contributed by atoms with Crippen molar-refractivity contribution in [2.75, 3.05) is 13.2 Å². The van der Waals surface area contributed by atoms with Crippen LogP contribution in [-0.4, -0.2) is 44.6 Å². The Kier molecular flexibility index (Phi) is 8.25. The third kappa shape index (κ3) is 7.07. The molecule has 2 aromatic heterocycles. The van der Waals surface area contributed by atoms with Crippen LogP contribution in [0, 0.1) is 0 Å². The zero-order valence-electron chi connectivity index (χ0n) is 21.4. The van der Waals surface area contributed by atoms with E-state index in [4.69, 9.17) is 19.0 Å². The summed E-state index contributed by atoms with van der Waals surface area (Å²) in [5.41, 5.74) is 2.45. The van der Waals surface area contributed by atoms with Crippen LogP contribution in [0.25, 0.3) is 11.3 Å². The summed E-state index contributed by atoms with van der Waals surface area (Å²) in [6, 6.07) is 23.6. The highest BCUT2D eigenvalue weighted by Crippen LogP contribution is 2.34. The first-order valence-electron chi connectivity index (χ1n) is 12.2. The van der Waals surface area contributed by atoms with Gasteiger partial charge in [0.25, 0.3) is 0 Å². The Bertz CT molecular complexity index is 1200. The SMILES string of the molecule is Cn1nc(-c2ccccc2)c(CN(Cc2ccco2)C[C@@H](O)COC(C)(C)C)c1Oc1ccccc1. The van der Waals surface area contributed by atoms with Crippen LogP contribution in [0.15, 0.2) is 83.5 Å². The predicted molar refractivity (Wildman–Crippen MR) is 140 cm³/mol. The van der Waals surface area contributed by atoms with Gasteiger partial charge in [0.1, 0.15) is 17.2 Å². The summed E-state index contributed by atoms with van der Waals surface area (Å²) in [6.45, 7) is 7.59. The zero-order valence-corrected chi connectivity index (χ0v) is 21.4. The molecule has 0 spiro atoms. The minimum absolute atomic E-state index is 0.240. The minimum atomic E-state index is -0.672. The largest absolute Gasteiger partial charge is 0.468 e. The van der Waals surface area contributed by atoms with Crippen LogP contribution in [0.2, 0.25) is 0 Å². The van der Waals surface area contributed by atoms with E-state index in [2.05, 4.69) is 4.90 Å². The van der Waals surface area contributed by atoms with E-state index in [1.807, 2.05) is 101 Å². The van der Waals surface area contributed by atoms with Gasteiger partial charge >= 0.3 is 0 Å². The summed E-state index contributed by atoms with van der Waals surface area (Å²) in [4.78, 5) is 2.14. The molecular weight excluding hydrogens is 454 g/mol. The number of para-hydroxylation sites is 1. The van der Waals surface area contributed by atoms with Gasteiger partial charge in [0.2, 0.25) is 5.88 Å². The fourth-order valence-electron chi connectivity index (χ4n) is 3.98. The van der Waals surface area contributed by atoms with E-state index in [1.54, 1.807) is 10.9 Å². The van der Waals surface area contributed by atoms with E-state index >= 15 is 0 Å². The van der Waals surface area contributed by atoms with Gasteiger partial charge < -0.3 is 19.0 Å². The Morgan fingerprint density at radius 1 is 0.972 bits per heavy atom. The standard InChI is InChI=1S/C29H35N3O4/c1-29(2,3)35-21-23(33)18-32(19-25-16-11-17-34-25)20-26-27(22-12-7-5-8-13-22)30-31(4)28(26)36-24-14-9-6-10-15-24/h5-17,23,33H,18-21H2,1-4H3/t23-/m1/s1. The Morgan fingerprint density at radius 2 is 1.67 bits per heavy atom. The van der Waals surface area contributed by atoms with E-state index in [-0.39, 0.29) is 12.2 Å². The van der Waals surface area contributed by atoms with Gasteiger partial charge in [-0.15, -0.1) is 0 Å². The molecule has 0 aliphatic carbocycles. The number of ether oxygens (including phenoxy) is 2. The second-order valence-electron chi connectivity index (χ2n) is 9.86. The van der Waals surface area contributed by atoms with Crippen molar-refractivity contribution in [2.45, 2.75) is 45.6 Å². The molecule has 0 amide bonds. The predicted octanol–water partition coefficient (Wildman–Crippen LogP) is 5.65. The van der Waals surface area contributed by atoms with Crippen molar-refractivity contribution in [1.29, 1.82) is 0 Å². The normalized spacial score (nSPS) is 12.7. The monoisotopic (exact) mass is 489 g/mol. The van der Waals surface area contributed by atoms with Gasteiger partial charge in [-0.05, 0) is 45.0 Å². The van der Waals surface area contributed by atoms with Gasteiger partial charge in [0.15, 0.2) is 0 Å². The second-order valence-corrected chi connectivity index (χ2v) is 9.86. The zero-order chi connectivity index (χ0) is 25.5. The van der Waals surface area contributed by atoms with E-state index in [1.165, 1.54) is 0 Å². The lowest BCUT2D eigenvalue weighted by atomic mass is 10.1. The molecule has 0 aliphatic rings. The number of hydrogen-bond donors (Lipinski definition) is 1. The first-order chi connectivity index (χ1) is 17.3. The molecule has 2 heterocycles. The van der Waals surface area contributed by atoms with Crippen molar-refractivity contribution < 1.29 is 19.0 Å². The van der Waals surface area contributed by atoms with Crippen LogP contribution in [0.5, 0.6) is 11.6 Å². The Morgan fingerprint density at radius 3 is 2.31 bits per heavy atom. The van der Waals surface area contributed by atoms with Crippen LogP contribution < -0.4 is 4.74 Å². The fraction of sp³-hybridized carbons (Fsp3) is 0.345. The van der Waals surface area contributed by atoms with Crippen molar-refractivity contribution in [3.05, 3.63) is 90.4 Å². The molecule has 0 aliphatic heterocycles. The second kappa shape index (κ2) is 11.6. The van der Waals surface area contributed by atoms with Gasteiger partial charge in [-0.3, -0.25) is 4.90 Å². The average molecular weight is 490 g/mol. The van der Waals surface area contributed by atoms with Crippen LogP contribution in [-0.2, 0) is 24.9 Å². The van der Waals surface area contributed by atoms with Crippen molar-refractivity contribution in [2.24, 2.45) is 7.05 Å². The summed E-state index contributed by atoms with van der Waals surface area (Å²) in [5, 5.41) is 15.7. The molecule has 1 atom stereocenters. The average Bonchev–Trinajstić information content (AvgIpc) is 3.47. The van der Waals surface area contributed by atoms with Gasteiger partial charge in [0, 0.05) is 25.7 Å². The number of nitrogens with zero attached hydrogens (tertiary/aromatic N) is 3. The Hall–Kier alpha value is -3.39. The maximum atomic E-state index is 10.8. The van der Waals surface area contributed by atoms with Crippen molar-refractivity contribution in [3.8, 4) is 22.9 Å². The molecule has 2 aromatic carbocycles. The summed E-state index contributed by atoms with van der Waals surface area (Å²) < 4.78 is 19.6. The fourth-order valence-corrected chi connectivity index (χ4v) is 3.98. The first-order valence-corrected chi connectivity index (χ1v) is 12.2. The molecule has 36 heavy (non-hydrogen) atoms. The maximum Gasteiger partial charge on any atom is 0.222 e. The van der Waals surface area contributed by atoms with E-state index < -0.39 is 6.10 Å². The molecule has 0 unspecified atom stereocenters. The van der Waals surface area contributed by atoms with Gasteiger partial charge in [-0.25, -0.2) is 4.68 Å². The first kappa shape index (κ1) is 25.7. The summed E-state index contributed by atoms with van der Waals surface area (Å²) in [5.74, 6) is 2.21. The minimum Gasteiger partial charge on any atom is -0.468 e. The number of benzene rings is 2. The maximum absolute atomic E-state index is 10.8. The number of furan rings is 1. The molecule has 7 heteroatoms. The number of aliphatic hydroxyl groups is 1. The molecule has 0 radical (unpaired) electrons. The topological polar surface area (TPSA) is 72.9 Å². The highest BCUT2D eigenvalue weighted by molar-refractivity contribution is 5.65. The van der Waals surface area contributed by atoms with E-state index in [0.29, 0.717) is 25.5 Å². The molecule has 1 N–H and O–H groups in total. The third-order valence-corrected chi connectivity index (χ3v) is 5.61. The number of aryl methyl sites for hydroxylation is 1. The van der Waals surface area contributed by atoms with Crippen LogP contribution >= 0.6 is 0 Å². The lowest BCUT2D eigenvalue weighted by molar-refractivity contribution is -0.0576. The highest BCUT2D eigenvalue weighted by Gasteiger charge is 2.24. The van der Waals surface area contributed by atoms with Crippen LogP contribution in [0.3, 0.4) is 0 Å². The molecule has 0 fully saturated rings. The third-order valence-electron chi connectivity index (χ3n) is 5.61. The molecule has 190 valence electrons. The van der Waals surface area contributed by atoms with Gasteiger partial charge in [-0.2, -0.15) is 5.10 Å². The summed E-state index contributed by atoms with van der Waals surface area (Å²) in [6.07, 6.45) is 0.991. The van der Waals surface area contributed by atoms with Crippen LogP contribution in [0.1, 0.15) is 32.1 Å². The lowest BCUT2D eigenvalue weighted by Crippen LogP contribution is -2.36. The van der Waals surface area contributed by atoms with Crippen molar-refractivity contribution >= 4 is 0 Å². The number of rotatable bonds is 11.